The number of hydrogen-bond donors (Lipinski definition) is 1. The second-order valence-corrected chi connectivity index (χ2v) is 7.54. The van der Waals surface area contributed by atoms with Crippen LogP contribution in [0.4, 0.5) is 0 Å². The first-order chi connectivity index (χ1) is 14.1. The zero-order valence-corrected chi connectivity index (χ0v) is 16.8. The lowest BCUT2D eigenvalue weighted by molar-refractivity contribution is 0.0907. The number of ether oxygens (including phenoxy) is 1. The first-order valence-electron chi connectivity index (χ1n) is 10.1. The molecule has 1 N–H and O–H groups in total. The molecule has 0 spiro atoms. The van der Waals surface area contributed by atoms with E-state index in [0.717, 1.165) is 18.2 Å². The number of hydrogen-bond acceptors (Lipinski definition) is 4. The molecular weight excluding hydrogens is 368 g/mol. The Balaban J connectivity index is 1.39. The van der Waals surface area contributed by atoms with Crippen LogP contribution in [0.5, 0.6) is 0 Å². The molecule has 4 rings (SSSR count). The molecule has 29 heavy (non-hydrogen) atoms. The Kier molecular flexibility index (Phi) is 5.49. The molecule has 0 unspecified atom stereocenters. The van der Waals surface area contributed by atoms with Gasteiger partial charge in [-0.1, -0.05) is 18.2 Å². The predicted octanol–water partition coefficient (Wildman–Crippen LogP) is 2.45. The van der Waals surface area contributed by atoms with Gasteiger partial charge >= 0.3 is 0 Å². The molecule has 152 valence electrons. The third-order valence-corrected chi connectivity index (χ3v) is 5.63. The number of carbonyl (C=O) groups excluding carboxylic acids is 1. The molecule has 0 aliphatic heterocycles. The molecule has 1 aromatic carbocycles. The molecule has 3 aromatic rings. The third-order valence-electron chi connectivity index (χ3n) is 5.63. The molecule has 1 fully saturated rings. The molecule has 2 heterocycles. The van der Waals surface area contributed by atoms with Crippen LogP contribution in [0.15, 0.2) is 47.5 Å². The Morgan fingerprint density at radius 2 is 2.10 bits per heavy atom. The normalized spacial score (nSPS) is 18.6. The van der Waals surface area contributed by atoms with Crippen LogP contribution in [0.1, 0.15) is 41.6 Å². The monoisotopic (exact) mass is 394 g/mol. The van der Waals surface area contributed by atoms with Crippen molar-refractivity contribution in [1.29, 1.82) is 0 Å². The quantitative estimate of drug-likeness (QED) is 0.625. The number of carbonyl (C=O) groups is 1. The maximum atomic E-state index is 12.6. The number of aromatic nitrogens is 3. The minimum Gasteiger partial charge on any atom is -0.380 e. The van der Waals surface area contributed by atoms with Crippen molar-refractivity contribution in [2.45, 2.75) is 38.3 Å². The summed E-state index contributed by atoms with van der Waals surface area (Å²) < 4.78 is 8.75. The highest BCUT2D eigenvalue weighted by Crippen LogP contribution is 2.39. The van der Waals surface area contributed by atoms with E-state index in [1.165, 1.54) is 21.7 Å². The van der Waals surface area contributed by atoms with Gasteiger partial charge in [-0.2, -0.15) is 5.10 Å². The Labute approximate surface area is 169 Å². The average molecular weight is 394 g/mol. The van der Waals surface area contributed by atoms with Crippen molar-refractivity contribution in [3.8, 4) is 0 Å². The number of fused-ring (bicyclic) bond motifs is 1. The van der Waals surface area contributed by atoms with Crippen LogP contribution in [0.2, 0.25) is 0 Å². The summed E-state index contributed by atoms with van der Waals surface area (Å²) in [6.45, 7) is 3.40. The molecule has 2 aromatic heterocycles. The van der Waals surface area contributed by atoms with Crippen molar-refractivity contribution in [3.05, 3.63) is 64.2 Å². The van der Waals surface area contributed by atoms with Gasteiger partial charge in [0, 0.05) is 43.9 Å². The highest BCUT2D eigenvalue weighted by atomic mass is 16.5. The van der Waals surface area contributed by atoms with Gasteiger partial charge < -0.3 is 14.6 Å². The number of nitrogens with one attached hydrogen (secondary N) is 1. The molecule has 1 saturated carbocycles. The van der Waals surface area contributed by atoms with E-state index in [9.17, 15) is 9.59 Å². The van der Waals surface area contributed by atoms with Gasteiger partial charge in [0.1, 0.15) is 0 Å². The summed E-state index contributed by atoms with van der Waals surface area (Å²) in [4.78, 5) is 24.6. The lowest BCUT2D eigenvalue weighted by atomic mass is 9.75. The molecule has 1 aliphatic rings. The van der Waals surface area contributed by atoms with Gasteiger partial charge in [0.25, 0.3) is 11.5 Å². The Morgan fingerprint density at radius 3 is 2.90 bits per heavy atom. The van der Waals surface area contributed by atoms with E-state index in [1.54, 1.807) is 12.3 Å². The van der Waals surface area contributed by atoms with Gasteiger partial charge in [-0.25, -0.2) is 0 Å². The Morgan fingerprint density at radius 1 is 1.28 bits per heavy atom. The predicted molar refractivity (Wildman–Crippen MR) is 111 cm³/mol. The van der Waals surface area contributed by atoms with Gasteiger partial charge in [-0.05, 0) is 37.3 Å². The van der Waals surface area contributed by atoms with E-state index in [-0.39, 0.29) is 17.5 Å². The minimum atomic E-state index is -0.141. The van der Waals surface area contributed by atoms with Crippen molar-refractivity contribution in [3.63, 3.8) is 0 Å². The fourth-order valence-corrected chi connectivity index (χ4v) is 4.00. The summed E-state index contributed by atoms with van der Waals surface area (Å²) in [6, 6.07) is 9.46. The Hall–Kier alpha value is -2.93. The summed E-state index contributed by atoms with van der Waals surface area (Å²) >= 11 is 0. The van der Waals surface area contributed by atoms with Crippen molar-refractivity contribution < 1.29 is 9.53 Å². The van der Waals surface area contributed by atoms with Gasteiger partial charge in [0.05, 0.1) is 23.9 Å². The van der Waals surface area contributed by atoms with E-state index in [1.807, 2.05) is 24.9 Å². The molecule has 0 atom stereocenters. The van der Waals surface area contributed by atoms with Gasteiger partial charge in [-0.15, -0.1) is 0 Å². The van der Waals surface area contributed by atoms with E-state index in [0.29, 0.717) is 31.2 Å². The largest absolute Gasteiger partial charge is 0.380 e. The van der Waals surface area contributed by atoms with Crippen molar-refractivity contribution in [2.75, 3.05) is 13.2 Å². The van der Waals surface area contributed by atoms with Gasteiger partial charge in [-0.3, -0.25) is 14.3 Å². The van der Waals surface area contributed by atoms with Crippen LogP contribution in [0, 0.1) is 0 Å². The number of aryl methyl sites for hydroxylation is 1. The number of amides is 1. The zero-order chi connectivity index (χ0) is 20.4. The molecule has 1 aliphatic carbocycles. The van der Waals surface area contributed by atoms with Gasteiger partial charge in [0.15, 0.2) is 0 Å². The second-order valence-electron chi connectivity index (χ2n) is 7.54. The third kappa shape index (κ3) is 3.96. The number of para-hydroxylation sites is 1. The number of nitrogens with zero attached hydrogens (tertiary/aromatic N) is 3. The molecule has 1 amide bonds. The highest BCUT2D eigenvalue weighted by Gasteiger charge is 2.33. The van der Waals surface area contributed by atoms with Crippen molar-refractivity contribution in [1.82, 2.24) is 19.7 Å². The van der Waals surface area contributed by atoms with Gasteiger partial charge in [0.2, 0.25) is 0 Å². The average Bonchev–Trinajstić information content (AvgIpc) is 3.07. The molecular formula is C22H26N4O3. The molecule has 0 saturated heterocycles. The standard InChI is InChI=1S/C22H26N4O3/c1-3-29-10-9-26-14-16(7-8-20(26)27)22(28)24-18-11-17(12-18)19-6-4-5-15-13-23-25(2)21(15)19/h4-8,13-14,17-18H,3,9-12H2,1-2H3,(H,24,28). The highest BCUT2D eigenvalue weighted by molar-refractivity contribution is 5.94. The lowest BCUT2D eigenvalue weighted by Gasteiger charge is -2.36. The van der Waals surface area contributed by atoms with Crippen LogP contribution in [-0.4, -0.2) is 39.5 Å². The van der Waals surface area contributed by atoms with E-state index < -0.39 is 0 Å². The van der Waals surface area contributed by atoms with Crippen molar-refractivity contribution >= 4 is 16.8 Å². The smallest absolute Gasteiger partial charge is 0.252 e. The summed E-state index contributed by atoms with van der Waals surface area (Å²) in [6.07, 6.45) is 5.31. The second kappa shape index (κ2) is 8.21. The van der Waals surface area contributed by atoms with E-state index in [4.69, 9.17) is 4.74 Å². The van der Waals surface area contributed by atoms with Crippen LogP contribution in [0.3, 0.4) is 0 Å². The molecule has 7 heteroatoms. The maximum absolute atomic E-state index is 12.6. The van der Waals surface area contributed by atoms with Crippen LogP contribution in [-0.2, 0) is 18.3 Å². The number of pyridine rings is 1. The maximum Gasteiger partial charge on any atom is 0.252 e. The molecule has 0 radical (unpaired) electrons. The molecule has 7 nitrogen and oxygen atoms in total. The van der Waals surface area contributed by atoms with Crippen LogP contribution < -0.4 is 10.9 Å². The summed E-state index contributed by atoms with van der Waals surface area (Å²) in [5, 5.41) is 8.60. The van der Waals surface area contributed by atoms with Crippen LogP contribution >= 0.6 is 0 Å². The number of benzene rings is 1. The Bertz CT molecular complexity index is 1080. The first kappa shape index (κ1) is 19.4. The van der Waals surface area contributed by atoms with Crippen LogP contribution in [0.25, 0.3) is 10.9 Å². The molecule has 0 bridgehead atoms. The van der Waals surface area contributed by atoms with Crippen molar-refractivity contribution in [2.24, 2.45) is 7.05 Å². The summed E-state index contributed by atoms with van der Waals surface area (Å²) in [5.41, 5.74) is 2.83. The lowest BCUT2D eigenvalue weighted by Crippen LogP contribution is -2.43. The zero-order valence-electron chi connectivity index (χ0n) is 16.8. The topological polar surface area (TPSA) is 78.2 Å². The summed E-state index contributed by atoms with van der Waals surface area (Å²) in [7, 11) is 1.96. The fourth-order valence-electron chi connectivity index (χ4n) is 4.00. The number of rotatable bonds is 7. The minimum absolute atomic E-state index is 0.130. The van der Waals surface area contributed by atoms with E-state index in [2.05, 4.69) is 28.6 Å². The summed E-state index contributed by atoms with van der Waals surface area (Å²) in [5.74, 6) is 0.275. The fraction of sp³-hybridized carbons (Fsp3) is 0.409. The van der Waals surface area contributed by atoms with E-state index >= 15 is 0 Å². The first-order valence-corrected chi connectivity index (χ1v) is 10.1. The SMILES string of the molecule is CCOCCn1cc(C(=O)NC2CC(c3cccc4cnn(C)c34)C2)ccc1=O.